The molecule has 22 heavy (non-hydrogen) atoms. The summed E-state index contributed by atoms with van der Waals surface area (Å²) in [5.74, 6) is -0.730. The largest absolute Gasteiger partial charge is 0.241 e. The van der Waals surface area contributed by atoms with E-state index in [1.165, 1.54) is 23.5 Å². The lowest BCUT2D eigenvalue weighted by atomic mass is 10.0. The van der Waals surface area contributed by atoms with Gasteiger partial charge in [0, 0.05) is 28.1 Å². The van der Waals surface area contributed by atoms with Crippen LogP contribution in [0.25, 0.3) is 22.4 Å². The highest BCUT2D eigenvalue weighted by molar-refractivity contribution is 7.90. The van der Waals surface area contributed by atoms with Gasteiger partial charge in [-0.25, -0.2) is 17.8 Å². The first kappa shape index (κ1) is 15.3. The van der Waals surface area contributed by atoms with Crippen molar-refractivity contribution in [2.45, 2.75) is 11.8 Å². The van der Waals surface area contributed by atoms with Crippen molar-refractivity contribution in [3.8, 4) is 22.4 Å². The molecule has 0 aliphatic heterocycles. The lowest BCUT2D eigenvalue weighted by Crippen LogP contribution is -2.00. The fourth-order valence-electron chi connectivity index (χ4n) is 2.18. The molecular formula is C15H12FNO2S3. The average Bonchev–Trinajstić information content (AvgIpc) is 3.05. The number of nitrogens with zero attached hydrogens (tertiary/aromatic N) is 1. The maximum atomic E-state index is 14.1. The summed E-state index contributed by atoms with van der Waals surface area (Å²) < 4.78 is 37.1. The molecule has 114 valence electrons. The Balaban J connectivity index is 2.10. The Bertz CT molecular complexity index is 941. The molecule has 3 aromatic rings. The molecule has 0 aliphatic carbocycles. The molecule has 2 heterocycles. The second-order valence-electron chi connectivity index (χ2n) is 4.87. The lowest BCUT2D eigenvalue weighted by molar-refractivity contribution is 0.571. The van der Waals surface area contributed by atoms with Crippen LogP contribution in [0.2, 0.25) is 0 Å². The molecule has 0 spiro atoms. The monoisotopic (exact) mass is 353 g/mol. The maximum Gasteiger partial charge on any atom is 0.178 e. The molecule has 0 saturated heterocycles. The van der Waals surface area contributed by atoms with Gasteiger partial charge < -0.3 is 0 Å². The maximum absolute atomic E-state index is 14.1. The van der Waals surface area contributed by atoms with Gasteiger partial charge in [-0.2, -0.15) is 11.3 Å². The standard InChI is InChI=1S/C15H12FNO2S3/c1-9-17-14(8-21-9)12-7-20-6-11(12)10-3-4-15(13(16)5-10)22(2,18)19/h3-8H,1-2H3. The van der Waals surface area contributed by atoms with Crippen molar-refractivity contribution in [2.75, 3.05) is 6.26 Å². The number of halogens is 1. The van der Waals surface area contributed by atoms with E-state index in [4.69, 9.17) is 0 Å². The van der Waals surface area contributed by atoms with Crippen molar-refractivity contribution in [1.82, 2.24) is 4.98 Å². The Hall–Kier alpha value is -1.57. The van der Waals surface area contributed by atoms with E-state index in [-0.39, 0.29) is 4.90 Å². The third-order valence-electron chi connectivity index (χ3n) is 3.20. The van der Waals surface area contributed by atoms with Gasteiger partial charge in [0.15, 0.2) is 9.84 Å². The smallest absolute Gasteiger partial charge is 0.178 e. The minimum Gasteiger partial charge on any atom is -0.241 e. The molecular weight excluding hydrogens is 341 g/mol. The van der Waals surface area contributed by atoms with Gasteiger partial charge in [0.2, 0.25) is 0 Å². The van der Waals surface area contributed by atoms with E-state index < -0.39 is 15.7 Å². The number of benzene rings is 1. The fourth-order valence-corrected chi connectivity index (χ4v) is 4.37. The van der Waals surface area contributed by atoms with Crippen molar-refractivity contribution in [3.05, 3.63) is 45.2 Å². The zero-order valence-corrected chi connectivity index (χ0v) is 14.3. The van der Waals surface area contributed by atoms with Crippen LogP contribution in [0.5, 0.6) is 0 Å². The number of aryl methyl sites for hydroxylation is 1. The van der Waals surface area contributed by atoms with Gasteiger partial charge >= 0.3 is 0 Å². The normalized spacial score (nSPS) is 11.8. The Morgan fingerprint density at radius 2 is 1.86 bits per heavy atom. The van der Waals surface area contributed by atoms with Crippen LogP contribution in [0.3, 0.4) is 0 Å². The summed E-state index contributed by atoms with van der Waals surface area (Å²) in [5.41, 5.74) is 3.29. The molecule has 0 unspecified atom stereocenters. The summed E-state index contributed by atoms with van der Waals surface area (Å²) >= 11 is 3.06. The molecule has 7 heteroatoms. The number of thiophene rings is 1. The van der Waals surface area contributed by atoms with Gasteiger partial charge in [-0.15, -0.1) is 11.3 Å². The highest BCUT2D eigenvalue weighted by Gasteiger charge is 2.17. The van der Waals surface area contributed by atoms with Crippen molar-refractivity contribution < 1.29 is 12.8 Å². The van der Waals surface area contributed by atoms with E-state index in [2.05, 4.69) is 4.98 Å². The topological polar surface area (TPSA) is 47.0 Å². The third-order valence-corrected chi connectivity index (χ3v) is 5.85. The number of hydrogen-bond acceptors (Lipinski definition) is 5. The zero-order valence-electron chi connectivity index (χ0n) is 11.8. The number of rotatable bonds is 3. The average molecular weight is 353 g/mol. The number of sulfone groups is 1. The van der Waals surface area contributed by atoms with E-state index in [1.54, 1.807) is 17.4 Å². The van der Waals surface area contributed by atoms with Crippen LogP contribution in [0.15, 0.2) is 39.2 Å². The minimum atomic E-state index is -3.56. The Morgan fingerprint density at radius 1 is 1.14 bits per heavy atom. The summed E-state index contributed by atoms with van der Waals surface area (Å²) in [4.78, 5) is 4.17. The SMILES string of the molecule is Cc1nc(-c2cscc2-c2ccc(S(C)(=O)=O)c(F)c2)cs1. The molecule has 0 amide bonds. The Morgan fingerprint density at radius 3 is 2.45 bits per heavy atom. The van der Waals surface area contributed by atoms with Crippen molar-refractivity contribution in [1.29, 1.82) is 0 Å². The number of aromatic nitrogens is 1. The van der Waals surface area contributed by atoms with Gasteiger partial charge in [-0.1, -0.05) is 6.07 Å². The molecule has 0 fully saturated rings. The second kappa shape index (κ2) is 5.57. The molecule has 2 aromatic heterocycles. The van der Waals surface area contributed by atoms with Crippen LogP contribution < -0.4 is 0 Å². The van der Waals surface area contributed by atoms with Crippen LogP contribution in [-0.4, -0.2) is 19.7 Å². The van der Waals surface area contributed by atoms with Crippen LogP contribution in [0, 0.1) is 12.7 Å². The minimum absolute atomic E-state index is 0.280. The first-order chi connectivity index (χ1) is 10.4. The number of hydrogen-bond donors (Lipinski definition) is 0. The highest BCUT2D eigenvalue weighted by Crippen LogP contribution is 2.36. The van der Waals surface area contributed by atoms with E-state index >= 15 is 0 Å². The predicted octanol–water partition coefficient (Wildman–Crippen LogP) is 4.39. The first-order valence-electron chi connectivity index (χ1n) is 6.35. The van der Waals surface area contributed by atoms with E-state index in [1.807, 2.05) is 23.1 Å². The highest BCUT2D eigenvalue weighted by atomic mass is 32.2. The van der Waals surface area contributed by atoms with Crippen molar-refractivity contribution in [3.63, 3.8) is 0 Å². The summed E-state index contributed by atoms with van der Waals surface area (Å²) in [7, 11) is -3.56. The summed E-state index contributed by atoms with van der Waals surface area (Å²) in [5, 5.41) is 6.80. The molecule has 0 N–H and O–H groups in total. The Kier molecular flexibility index (Phi) is 3.88. The summed E-state index contributed by atoms with van der Waals surface area (Å²) in [6.07, 6.45) is 0.999. The molecule has 1 aromatic carbocycles. The van der Waals surface area contributed by atoms with E-state index in [9.17, 15) is 12.8 Å². The second-order valence-corrected chi connectivity index (χ2v) is 8.66. The molecule has 3 nitrogen and oxygen atoms in total. The third kappa shape index (κ3) is 2.84. The van der Waals surface area contributed by atoms with Gasteiger partial charge in [-0.3, -0.25) is 0 Å². The molecule has 0 bridgehead atoms. The van der Waals surface area contributed by atoms with Crippen LogP contribution in [0.4, 0.5) is 4.39 Å². The van der Waals surface area contributed by atoms with Crippen molar-refractivity contribution in [2.24, 2.45) is 0 Å². The van der Waals surface area contributed by atoms with Crippen molar-refractivity contribution >= 4 is 32.5 Å². The summed E-state index contributed by atoms with van der Waals surface area (Å²) in [6, 6.07) is 4.21. The van der Waals surface area contributed by atoms with Crippen LogP contribution >= 0.6 is 22.7 Å². The Labute approximate surface area is 136 Å². The number of thiazole rings is 1. The van der Waals surface area contributed by atoms with Gasteiger partial charge in [0.05, 0.1) is 10.7 Å². The molecule has 0 saturated carbocycles. The summed E-state index contributed by atoms with van der Waals surface area (Å²) in [6.45, 7) is 1.93. The van der Waals surface area contributed by atoms with Gasteiger partial charge in [0.1, 0.15) is 10.7 Å². The molecule has 0 aliphatic rings. The molecule has 0 radical (unpaired) electrons. The first-order valence-corrected chi connectivity index (χ1v) is 10.1. The van der Waals surface area contributed by atoms with Gasteiger partial charge in [-0.05, 0) is 30.0 Å². The quantitative estimate of drug-likeness (QED) is 0.701. The van der Waals surface area contributed by atoms with E-state index in [0.717, 1.165) is 28.1 Å². The van der Waals surface area contributed by atoms with E-state index in [0.29, 0.717) is 5.56 Å². The lowest BCUT2D eigenvalue weighted by Gasteiger charge is -2.05. The predicted molar refractivity (Wildman–Crippen MR) is 88.7 cm³/mol. The van der Waals surface area contributed by atoms with Crippen LogP contribution in [0.1, 0.15) is 5.01 Å². The molecule has 3 rings (SSSR count). The molecule has 0 atom stereocenters. The zero-order chi connectivity index (χ0) is 15.9. The van der Waals surface area contributed by atoms with Gasteiger partial charge in [0.25, 0.3) is 0 Å². The fraction of sp³-hybridized carbons (Fsp3) is 0.133. The van der Waals surface area contributed by atoms with Crippen LogP contribution in [-0.2, 0) is 9.84 Å².